The fourth-order valence-electron chi connectivity index (χ4n) is 7.30. The van der Waals surface area contributed by atoms with Gasteiger partial charge in [0.05, 0.1) is 0 Å². The number of fused-ring (bicyclic) bond motifs is 2. The number of benzene rings is 4. The Morgan fingerprint density at radius 3 is 2.43 bits per heavy atom. The number of allylic oxidation sites excluding steroid dienone is 7. The van der Waals surface area contributed by atoms with Crippen LogP contribution in [0, 0.1) is 5.41 Å². The van der Waals surface area contributed by atoms with E-state index in [1.807, 2.05) is 24.3 Å². The number of rotatable bonds is 8. The Balaban J connectivity index is 1.15. The number of hydrogen-bond acceptors (Lipinski definition) is 3. The Morgan fingerprint density at radius 2 is 1.61 bits per heavy atom. The molecule has 0 fully saturated rings. The molecule has 2 aliphatic carbocycles. The molecule has 2 heterocycles. The molecule has 0 saturated carbocycles. The molecule has 6 aromatic rings. The smallest absolute Gasteiger partial charge is 0.134 e. The SMILES string of the molecule is C=C1CC/C=C\Cc2c(C3=CC=C(N(c4ccc(Cc5oc6ccccc6c5C=N)cc4)c4cccc(-c5ccccc5)c4)CC3)c[nH]c21. The zero-order chi connectivity index (χ0) is 33.2. The molecule has 4 nitrogen and oxygen atoms in total. The highest BCUT2D eigenvalue weighted by Crippen LogP contribution is 2.40. The van der Waals surface area contributed by atoms with Gasteiger partial charge in [-0.05, 0) is 107 Å². The van der Waals surface area contributed by atoms with E-state index in [9.17, 15) is 0 Å². The number of nitrogens with one attached hydrogen (secondary N) is 2. The van der Waals surface area contributed by atoms with E-state index in [0.717, 1.165) is 71.3 Å². The third-order valence-electron chi connectivity index (χ3n) is 9.83. The third-order valence-corrected chi connectivity index (χ3v) is 9.83. The summed E-state index contributed by atoms with van der Waals surface area (Å²) in [5.74, 6) is 0.821. The number of aromatic amines is 1. The first kappa shape index (κ1) is 30.5. The van der Waals surface area contributed by atoms with Crippen molar-refractivity contribution in [1.29, 1.82) is 5.41 Å². The fourth-order valence-corrected chi connectivity index (χ4v) is 7.30. The minimum absolute atomic E-state index is 0.626. The van der Waals surface area contributed by atoms with E-state index in [-0.39, 0.29) is 0 Å². The van der Waals surface area contributed by atoms with Gasteiger partial charge < -0.3 is 19.7 Å². The topological polar surface area (TPSA) is 56.0 Å². The normalized spacial score (nSPS) is 15.1. The van der Waals surface area contributed by atoms with Crippen LogP contribution >= 0.6 is 0 Å². The lowest BCUT2D eigenvalue weighted by atomic mass is 9.90. The maximum Gasteiger partial charge on any atom is 0.134 e. The summed E-state index contributed by atoms with van der Waals surface area (Å²) in [5, 5.41) is 9.03. The monoisotopic (exact) mass is 637 g/mol. The minimum Gasteiger partial charge on any atom is -0.460 e. The van der Waals surface area contributed by atoms with E-state index in [4.69, 9.17) is 9.83 Å². The molecule has 240 valence electrons. The largest absolute Gasteiger partial charge is 0.460 e. The summed E-state index contributed by atoms with van der Waals surface area (Å²) in [6.07, 6.45) is 18.3. The predicted octanol–water partition coefficient (Wildman–Crippen LogP) is 11.8. The molecular weight excluding hydrogens is 599 g/mol. The van der Waals surface area contributed by atoms with Crippen molar-refractivity contribution in [2.45, 2.75) is 38.5 Å². The lowest BCUT2D eigenvalue weighted by molar-refractivity contribution is 0.562. The van der Waals surface area contributed by atoms with Gasteiger partial charge in [-0.3, -0.25) is 0 Å². The van der Waals surface area contributed by atoms with Gasteiger partial charge >= 0.3 is 0 Å². The summed E-state index contributed by atoms with van der Waals surface area (Å²) in [7, 11) is 0. The molecule has 2 aliphatic rings. The molecule has 0 radical (unpaired) electrons. The highest BCUT2D eigenvalue weighted by Gasteiger charge is 2.22. The van der Waals surface area contributed by atoms with Crippen molar-refractivity contribution in [2.75, 3.05) is 4.90 Å². The van der Waals surface area contributed by atoms with Gasteiger partial charge in [0.1, 0.15) is 11.3 Å². The second-order valence-electron chi connectivity index (χ2n) is 12.9. The number of nitrogens with zero attached hydrogens (tertiary/aromatic N) is 1. The van der Waals surface area contributed by atoms with Gasteiger partial charge in [-0.2, -0.15) is 0 Å². The lowest BCUT2D eigenvalue weighted by Gasteiger charge is -2.30. The van der Waals surface area contributed by atoms with E-state index in [1.54, 1.807) is 0 Å². The quantitative estimate of drug-likeness (QED) is 0.129. The van der Waals surface area contributed by atoms with Crippen molar-refractivity contribution in [2.24, 2.45) is 0 Å². The third kappa shape index (κ3) is 6.02. The molecule has 0 bridgehead atoms. The number of para-hydroxylation sites is 1. The van der Waals surface area contributed by atoms with Gasteiger partial charge in [-0.25, -0.2) is 0 Å². The molecule has 0 unspecified atom stereocenters. The second-order valence-corrected chi connectivity index (χ2v) is 12.9. The number of aromatic nitrogens is 1. The molecule has 0 saturated heterocycles. The molecule has 0 atom stereocenters. The minimum atomic E-state index is 0.626. The van der Waals surface area contributed by atoms with Crippen LogP contribution in [0.15, 0.2) is 150 Å². The van der Waals surface area contributed by atoms with E-state index in [0.29, 0.717) is 6.42 Å². The van der Waals surface area contributed by atoms with Gasteiger partial charge in [-0.1, -0.05) is 97.6 Å². The molecule has 0 amide bonds. The summed E-state index contributed by atoms with van der Waals surface area (Å²) in [5.41, 5.74) is 15.2. The summed E-state index contributed by atoms with van der Waals surface area (Å²) in [6, 6.07) is 36.2. The molecule has 8 rings (SSSR count). The van der Waals surface area contributed by atoms with E-state index < -0.39 is 0 Å². The Morgan fingerprint density at radius 1 is 0.796 bits per heavy atom. The van der Waals surface area contributed by atoms with Crippen LogP contribution in [0.1, 0.15) is 59.4 Å². The molecule has 2 aromatic heterocycles. The van der Waals surface area contributed by atoms with Crippen LogP contribution in [0.2, 0.25) is 0 Å². The molecule has 4 aromatic carbocycles. The number of hydrogen-bond donors (Lipinski definition) is 2. The van der Waals surface area contributed by atoms with E-state index in [1.165, 1.54) is 51.0 Å². The van der Waals surface area contributed by atoms with Gasteiger partial charge in [0, 0.05) is 52.5 Å². The Labute approximate surface area is 287 Å². The Bertz CT molecular complexity index is 2260. The maximum atomic E-state index is 8.05. The average molecular weight is 638 g/mol. The summed E-state index contributed by atoms with van der Waals surface area (Å²) in [6.45, 7) is 4.38. The summed E-state index contributed by atoms with van der Waals surface area (Å²) < 4.78 is 6.20. The highest BCUT2D eigenvalue weighted by molar-refractivity contribution is 5.98. The molecular formula is C45H39N3O. The van der Waals surface area contributed by atoms with E-state index in [2.05, 4.69) is 126 Å². The Kier molecular flexibility index (Phi) is 8.28. The van der Waals surface area contributed by atoms with Crippen molar-refractivity contribution >= 4 is 39.7 Å². The second kappa shape index (κ2) is 13.3. The highest BCUT2D eigenvalue weighted by atomic mass is 16.3. The van der Waals surface area contributed by atoms with Gasteiger partial charge in [-0.15, -0.1) is 0 Å². The van der Waals surface area contributed by atoms with Crippen LogP contribution < -0.4 is 4.90 Å². The van der Waals surface area contributed by atoms with Crippen molar-refractivity contribution in [3.8, 4) is 11.1 Å². The van der Waals surface area contributed by atoms with Crippen LogP contribution in [-0.4, -0.2) is 11.2 Å². The zero-order valence-electron chi connectivity index (χ0n) is 27.6. The van der Waals surface area contributed by atoms with Gasteiger partial charge in [0.15, 0.2) is 0 Å². The lowest BCUT2D eigenvalue weighted by Crippen LogP contribution is -2.18. The first-order chi connectivity index (χ1) is 24.2. The van der Waals surface area contributed by atoms with Crippen LogP contribution in [-0.2, 0) is 12.8 Å². The first-order valence-electron chi connectivity index (χ1n) is 17.1. The van der Waals surface area contributed by atoms with Crippen LogP contribution in [0.5, 0.6) is 0 Å². The fraction of sp³-hybridized carbons (Fsp3) is 0.133. The molecule has 4 heteroatoms. The number of anilines is 2. The van der Waals surface area contributed by atoms with Crippen molar-refractivity contribution < 1.29 is 4.42 Å². The number of furan rings is 1. The first-order valence-corrected chi connectivity index (χ1v) is 17.1. The van der Waals surface area contributed by atoms with Crippen LogP contribution in [0.25, 0.3) is 33.2 Å². The zero-order valence-corrected chi connectivity index (χ0v) is 27.6. The molecule has 0 aliphatic heterocycles. The maximum absolute atomic E-state index is 8.05. The van der Waals surface area contributed by atoms with Gasteiger partial charge in [0.25, 0.3) is 0 Å². The van der Waals surface area contributed by atoms with Crippen molar-refractivity contribution in [1.82, 2.24) is 4.98 Å². The average Bonchev–Trinajstić information content (AvgIpc) is 3.72. The standard InChI is InChI=1S/C45H39N3O/c1-31-11-4-2-7-17-40-42(30-47-45(31)40)34-21-25-37(26-22-34)48(38-15-10-14-35(28-38)33-12-5-3-6-13-33)36-23-19-32(20-24-36)27-44-41(29-46)39-16-8-9-18-43(39)49-44/h2-3,5-10,12-16,18-21,23-25,28-30,46-47H,1,4,11,17,22,26-27H2/b7-2-,46-29?. The summed E-state index contributed by atoms with van der Waals surface area (Å²) >= 11 is 0. The number of H-pyrrole nitrogens is 1. The van der Waals surface area contributed by atoms with Crippen LogP contribution in [0.4, 0.5) is 11.4 Å². The van der Waals surface area contributed by atoms with Crippen molar-refractivity contribution in [3.63, 3.8) is 0 Å². The van der Waals surface area contributed by atoms with Gasteiger partial charge in [0.2, 0.25) is 0 Å². The van der Waals surface area contributed by atoms with E-state index >= 15 is 0 Å². The molecule has 49 heavy (non-hydrogen) atoms. The molecule has 0 spiro atoms. The molecule has 2 N–H and O–H groups in total. The van der Waals surface area contributed by atoms with Crippen molar-refractivity contribution in [3.05, 3.63) is 180 Å². The predicted molar refractivity (Wildman–Crippen MR) is 205 cm³/mol. The van der Waals surface area contributed by atoms with Crippen LogP contribution in [0.3, 0.4) is 0 Å². The summed E-state index contributed by atoms with van der Waals surface area (Å²) in [4.78, 5) is 5.96. The Hall–Kier alpha value is -5.87.